The number of ether oxygens (including phenoxy) is 1. The van der Waals surface area contributed by atoms with Crippen molar-refractivity contribution in [2.75, 3.05) is 11.8 Å². The van der Waals surface area contributed by atoms with Gasteiger partial charge in [0, 0.05) is 5.69 Å². The summed E-state index contributed by atoms with van der Waals surface area (Å²) in [5, 5.41) is 7.95. The van der Waals surface area contributed by atoms with Crippen molar-refractivity contribution in [3.05, 3.63) is 83.1 Å². The Morgan fingerprint density at radius 2 is 1.51 bits per heavy atom. The molecule has 0 aliphatic heterocycles. The van der Waals surface area contributed by atoms with Crippen LogP contribution < -0.4 is 15.6 Å². The van der Waals surface area contributed by atoms with Gasteiger partial charge in [-0.2, -0.15) is 9.97 Å². The topological polar surface area (TPSA) is 193 Å². The zero-order valence-electron chi connectivity index (χ0n) is 19.7. The van der Waals surface area contributed by atoms with E-state index in [4.69, 9.17) is 13.8 Å². The van der Waals surface area contributed by atoms with Gasteiger partial charge in [-0.25, -0.2) is 8.42 Å². The summed E-state index contributed by atoms with van der Waals surface area (Å²) >= 11 is 0. The van der Waals surface area contributed by atoms with Gasteiger partial charge in [0.05, 0.1) is 7.11 Å². The summed E-state index contributed by atoms with van der Waals surface area (Å²) in [6.45, 7) is 3.43. The SMILES string of the molecule is COc1cccc(CC(Cc2ccc(NS(=O)(=O)[O-])cc2)(c2nc(C)no2)c2nc(C)no2)c1.[NH4+]. The minimum absolute atomic E-state index is 0. The number of anilines is 1. The number of hydrogen-bond acceptors (Lipinski definition) is 10. The number of methoxy groups -OCH3 is 1. The Morgan fingerprint density at radius 3 is 2.00 bits per heavy atom. The molecular formula is C22H26N6O6S. The standard InChI is InChI=1S/C22H23N5O6S.H3N/c1-14-23-20(32-25-14)22(21-24-15(2)26-33-21,13-17-5-4-6-19(11-17)31-3)12-16-7-9-18(10-8-16)27-34(28,29)30;/h4-11,27H,12-13H2,1-3H3,(H,28,29,30);1H3. The Balaban J connectivity index is 0.00000342. The monoisotopic (exact) mass is 502 g/mol. The highest BCUT2D eigenvalue weighted by Gasteiger charge is 2.45. The van der Waals surface area contributed by atoms with Crippen LogP contribution in [0.25, 0.3) is 0 Å². The van der Waals surface area contributed by atoms with Crippen LogP contribution in [-0.4, -0.2) is 40.4 Å². The largest absolute Gasteiger partial charge is 0.731 e. The first-order chi connectivity index (χ1) is 16.2. The molecule has 35 heavy (non-hydrogen) atoms. The molecular weight excluding hydrogens is 476 g/mol. The molecule has 0 spiro atoms. The average Bonchev–Trinajstić information content (AvgIpc) is 3.42. The van der Waals surface area contributed by atoms with Crippen LogP contribution >= 0.6 is 0 Å². The van der Waals surface area contributed by atoms with Crippen LogP contribution in [0.5, 0.6) is 5.75 Å². The normalized spacial score (nSPS) is 11.7. The Hall–Kier alpha value is -3.81. The fourth-order valence-electron chi connectivity index (χ4n) is 3.75. The van der Waals surface area contributed by atoms with E-state index in [1.807, 2.05) is 29.0 Å². The van der Waals surface area contributed by atoms with Gasteiger partial charge in [-0.05, 0) is 62.1 Å². The maximum absolute atomic E-state index is 11.0. The summed E-state index contributed by atoms with van der Waals surface area (Å²) in [7, 11) is -3.04. The van der Waals surface area contributed by atoms with Crippen molar-refractivity contribution >= 4 is 16.0 Å². The van der Waals surface area contributed by atoms with Crippen LogP contribution in [0.15, 0.2) is 57.6 Å². The molecule has 4 rings (SSSR count). The van der Waals surface area contributed by atoms with Gasteiger partial charge in [0.1, 0.15) is 11.2 Å². The molecule has 13 heteroatoms. The molecule has 0 aliphatic rings. The van der Waals surface area contributed by atoms with Crippen LogP contribution in [0.4, 0.5) is 5.69 Å². The number of nitrogens with zero attached hydrogens (tertiary/aromatic N) is 4. The van der Waals surface area contributed by atoms with Crippen molar-refractivity contribution in [3.8, 4) is 5.75 Å². The van der Waals surface area contributed by atoms with E-state index in [-0.39, 0.29) is 11.8 Å². The molecule has 0 saturated carbocycles. The lowest BCUT2D eigenvalue weighted by molar-refractivity contribution is 0.242. The predicted octanol–water partition coefficient (Wildman–Crippen LogP) is 3.10. The maximum Gasteiger partial charge on any atom is 0.243 e. The van der Waals surface area contributed by atoms with Gasteiger partial charge in [-0.1, -0.05) is 34.6 Å². The molecule has 12 nitrogen and oxygen atoms in total. The van der Waals surface area contributed by atoms with Crippen LogP contribution in [0.2, 0.25) is 0 Å². The molecule has 0 unspecified atom stereocenters. The first kappa shape index (κ1) is 25.8. The molecule has 0 fully saturated rings. The second-order valence-electron chi connectivity index (χ2n) is 7.83. The summed E-state index contributed by atoms with van der Waals surface area (Å²) in [6, 6.07) is 13.9. The van der Waals surface area contributed by atoms with Gasteiger partial charge in [0.15, 0.2) is 22.0 Å². The smallest absolute Gasteiger partial charge is 0.243 e. The lowest BCUT2D eigenvalue weighted by Gasteiger charge is -2.27. The third-order valence-corrected chi connectivity index (χ3v) is 5.70. The van der Waals surface area contributed by atoms with Gasteiger partial charge in [0.2, 0.25) is 11.8 Å². The summed E-state index contributed by atoms with van der Waals surface area (Å²) in [6.07, 6.45) is 0.667. The van der Waals surface area contributed by atoms with Crippen molar-refractivity contribution in [1.82, 2.24) is 26.4 Å². The first-order valence-electron chi connectivity index (χ1n) is 10.2. The first-order valence-corrected chi connectivity index (χ1v) is 11.6. The highest BCUT2D eigenvalue weighted by molar-refractivity contribution is 7.87. The highest BCUT2D eigenvalue weighted by Crippen LogP contribution is 2.38. The molecule has 2 aromatic carbocycles. The van der Waals surface area contributed by atoms with E-state index in [1.54, 1.807) is 33.1 Å². The van der Waals surface area contributed by atoms with E-state index < -0.39 is 15.7 Å². The highest BCUT2D eigenvalue weighted by atomic mass is 32.2. The van der Waals surface area contributed by atoms with Gasteiger partial charge in [-0.3, -0.25) is 4.72 Å². The summed E-state index contributed by atoms with van der Waals surface area (Å²) < 4.78 is 51.6. The summed E-state index contributed by atoms with van der Waals surface area (Å²) in [4.78, 5) is 9.00. The van der Waals surface area contributed by atoms with Crippen molar-refractivity contribution in [1.29, 1.82) is 0 Å². The van der Waals surface area contributed by atoms with Gasteiger partial charge < -0.3 is 24.5 Å². The van der Waals surface area contributed by atoms with E-state index in [2.05, 4.69) is 20.3 Å². The third-order valence-electron chi connectivity index (χ3n) is 5.22. The predicted molar refractivity (Wildman–Crippen MR) is 125 cm³/mol. The molecule has 0 aliphatic carbocycles. The van der Waals surface area contributed by atoms with Crippen LogP contribution in [-0.2, 0) is 28.6 Å². The molecule has 4 aromatic rings. The zero-order valence-corrected chi connectivity index (χ0v) is 20.5. The summed E-state index contributed by atoms with van der Waals surface area (Å²) in [5.74, 6) is 2.16. The molecule has 0 saturated heterocycles. The minimum atomic E-state index is -4.63. The quantitative estimate of drug-likeness (QED) is 0.321. The number of rotatable bonds is 9. The molecule has 0 atom stereocenters. The second kappa shape index (κ2) is 10.2. The van der Waals surface area contributed by atoms with Gasteiger partial charge in [0.25, 0.3) is 0 Å². The lowest BCUT2D eigenvalue weighted by Crippen LogP contribution is -2.34. The van der Waals surface area contributed by atoms with Crippen LogP contribution in [0, 0.1) is 13.8 Å². The van der Waals surface area contributed by atoms with Crippen molar-refractivity contribution in [2.24, 2.45) is 0 Å². The van der Waals surface area contributed by atoms with Gasteiger partial charge >= 0.3 is 0 Å². The third kappa shape index (κ3) is 6.01. The zero-order chi connectivity index (χ0) is 24.3. The van der Waals surface area contributed by atoms with E-state index in [0.717, 1.165) is 11.1 Å². The number of nitrogens with one attached hydrogen (secondary N) is 1. The molecule has 0 radical (unpaired) electrons. The number of hydrogen-bond donors (Lipinski definition) is 2. The Bertz CT molecular complexity index is 1340. The number of aromatic nitrogens is 4. The molecule has 0 amide bonds. The molecule has 2 heterocycles. The van der Waals surface area contributed by atoms with Crippen molar-refractivity contribution in [2.45, 2.75) is 32.1 Å². The van der Waals surface area contributed by atoms with E-state index >= 15 is 0 Å². The minimum Gasteiger partial charge on any atom is -0.731 e. The number of aryl methyl sites for hydroxylation is 2. The van der Waals surface area contributed by atoms with Crippen LogP contribution in [0.1, 0.15) is 34.6 Å². The van der Waals surface area contributed by atoms with E-state index in [1.165, 1.54) is 12.1 Å². The lowest BCUT2D eigenvalue weighted by atomic mass is 9.76. The van der Waals surface area contributed by atoms with E-state index in [9.17, 15) is 13.0 Å². The van der Waals surface area contributed by atoms with E-state index in [0.29, 0.717) is 42.0 Å². The van der Waals surface area contributed by atoms with Crippen molar-refractivity contribution < 1.29 is 26.8 Å². The Labute approximate surface area is 202 Å². The summed E-state index contributed by atoms with van der Waals surface area (Å²) in [5.41, 5.74) is 0.804. The average molecular weight is 503 g/mol. The second-order valence-corrected chi connectivity index (χ2v) is 8.95. The van der Waals surface area contributed by atoms with Crippen molar-refractivity contribution in [3.63, 3.8) is 0 Å². The Kier molecular flexibility index (Phi) is 7.53. The fraction of sp³-hybridized carbons (Fsp3) is 0.273. The molecule has 5 N–H and O–H groups in total. The number of quaternary nitrogens is 1. The molecule has 186 valence electrons. The molecule has 2 aromatic heterocycles. The fourth-order valence-corrected chi connectivity index (χ4v) is 4.18. The van der Waals surface area contributed by atoms with Crippen LogP contribution in [0.3, 0.4) is 0 Å². The molecule has 0 bridgehead atoms. The maximum atomic E-state index is 11.0. The Morgan fingerprint density at radius 1 is 0.943 bits per heavy atom. The van der Waals surface area contributed by atoms with Gasteiger partial charge in [-0.15, -0.1) is 0 Å². The number of benzene rings is 2.